The average molecular weight is 311 g/mol. The molecule has 3 heteroatoms. The largest absolute Gasteiger partial charge is 0.388 e. The molecule has 0 radical (unpaired) electrons. The summed E-state index contributed by atoms with van der Waals surface area (Å²) >= 11 is 0. The third-order valence-corrected chi connectivity index (χ3v) is 4.14. The second-order valence-corrected chi connectivity index (χ2v) is 6.03. The van der Waals surface area contributed by atoms with Crippen LogP contribution < -0.4 is 5.32 Å². The molecule has 1 amide bonds. The van der Waals surface area contributed by atoms with Crippen molar-refractivity contribution in [3.05, 3.63) is 71.3 Å². The van der Waals surface area contributed by atoms with E-state index in [0.29, 0.717) is 19.4 Å². The van der Waals surface area contributed by atoms with Gasteiger partial charge in [-0.1, -0.05) is 61.5 Å². The molecule has 0 spiro atoms. The number of carbonyl (C=O) groups is 1. The van der Waals surface area contributed by atoms with Crippen LogP contribution in [0.3, 0.4) is 0 Å². The monoisotopic (exact) mass is 311 g/mol. The zero-order chi connectivity index (χ0) is 16.7. The van der Waals surface area contributed by atoms with Crippen LogP contribution in [0.1, 0.15) is 48.5 Å². The van der Waals surface area contributed by atoms with E-state index in [4.69, 9.17) is 0 Å². The predicted octanol–water partition coefficient (Wildman–Crippen LogP) is 3.73. The van der Waals surface area contributed by atoms with Gasteiger partial charge in [-0.25, -0.2) is 0 Å². The minimum atomic E-state index is -0.537. The van der Waals surface area contributed by atoms with Crippen molar-refractivity contribution in [2.45, 2.75) is 38.7 Å². The first-order valence-electron chi connectivity index (χ1n) is 8.13. The van der Waals surface area contributed by atoms with Crippen molar-refractivity contribution in [1.29, 1.82) is 0 Å². The molecule has 0 aliphatic carbocycles. The standard InChI is InChI=1S/C20H25NO2/c1-15-8-6-7-11-18(15)16(2)14-20(23)21-13-12-19(22)17-9-4-3-5-10-17/h3-11,16,19,22H,12-14H2,1-2H3,(H,21,23). The van der Waals surface area contributed by atoms with Gasteiger partial charge < -0.3 is 10.4 Å². The van der Waals surface area contributed by atoms with Crippen molar-refractivity contribution in [3.8, 4) is 0 Å². The molecule has 0 bridgehead atoms. The van der Waals surface area contributed by atoms with Gasteiger partial charge in [-0.05, 0) is 36.0 Å². The molecule has 2 aromatic rings. The van der Waals surface area contributed by atoms with E-state index in [1.54, 1.807) is 0 Å². The molecular formula is C20H25NO2. The molecular weight excluding hydrogens is 286 g/mol. The number of aryl methyl sites for hydroxylation is 1. The number of carbonyl (C=O) groups excluding carboxylic acids is 1. The lowest BCUT2D eigenvalue weighted by Gasteiger charge is -2.15. The Bertz CT molecular complexity index is 625. The summed E-state index contributed by atoms with van der Waals surface area (Å²) in [6.07, 6.45) is 0.450. The summed E-state index contributed by atoms with van der Waals surface area (Å²) in [6.45, 7) is 4.62. The molecule has 2 atom stereocenters. The second kappa shape index (κ2) is 8.49. The molecule has 0 fully saturated rings. The summed E-state index contributed by atoms with van der Waals surface area (Å²) < 4.78 is 0. The maximum Gasteiger partial charge on any atom is 0.220 e. The van der Waals surface area contributed by atoms with Gasteiger partial charge in [-0.3, -0.25) is 4.79 Å². The fraction of sp³-hybridized carbons (Fsp3) is 0.350. The van der Waals surface area contributed by atoms with Gasteiger partial charge in [-0.2, -0.15) is 0 Å². The zero-order valence-electron chi connectivity index (χ0n) is 13.8. The van der Waals surface area contributed by atoms with Crippen LogP contribution in [-0.4, -0.2) is 17.6 Å². The number of hydrogen-bond acceptors (Lipinski definition) is 2. The van der Waals surface area contributed by atoms with Crippen molar-refractivity contribution >= 4 is 5.91 Å². The molecule has 2 N–H and O–H groups in total. The van der Waals surface area contributed by atoms with E-state index in [1.165, 1.54) is 11.1 Å². The first-order chi connectivity index (χ1) is 11.1. The van der Waals surface area contributed by atoms with Crippen molar-refractivity contribution in [2.75, 3.05) is 6.54 Å². The normalized spacial score (nSPS) is 13.3. The Morgan fingerprint density at radius 1 is 1.09 bits per heavy atom. The van der Waals surface area contributed by atoms with Crippen LogP contribution in [0.2, 0.25) is 0 Å². The Hall–Kier alpha value is -2.13. The summed E-state index contributed by atoms with van der Waals surface area (Å²) in [6, 6.07) is 17.7. The highest BCUT2D eigenvalue weighted by Crippen LogP contribution is 2.22. The number of aliphatic hydroxyl groups excluding tert-OH is 1. The summed E-state index contributed by atoms with van der Waals surface area (Å²) in [7, 11) is 0. The molecule has 122 valence electrons. The van der Waals surface area contributed by atoms with E-state index < -0.39 is 6.10 Å². The Morgan fingerprint density at radius 2 is 1.74 bits per heavy atom. The van der Waals surface area contributed by atoms with Gasteiger partial charge in [-0.15, -0.1) is 0 Å². The summed E-state index contributed by atoms with van der Waals surface area (Å²) in [5, 5.41) is 13.0. The number of aliphatic hydroxyl groups is 1. The van der Waals surface area contributed by atoms with Crippen LogP contribution >= 0.6 is 0 Å². The molecule has 0 aliphatic heterocycles. The van der Waals surface area contributed by atoms with E-state index in [9.17, 15) is 9.90 Å². The average Bonchev–Trinajstić information content (AvgIpc) is 2.55. The van der Waals surface area contributed by atoms with Crippen molar-refractivity contribution in [1.82, 2.24) is 5.32 Å². The Labute approximate surface area is 138 Å². The minimum absolute atomic E-state index is 0.0287. The third kappa shape index (κ3) is 5.22. The Balaban J connectivity index is 1.76. The molecule has 0 heterocycles. The fourth-order valence-electron chi connectivity index (χ4n) is 2.79. The number of amides is 1. The number of hydrogen-bond donors (Lipinski definition) is 2. The molecule has 0 saturated heterocycles. The van der Waals surface area contributed by atoms with Crippen LogP contribution in [0, 0.1) is 6.92 Å². The molecule has 2 rings (SSSR count). The molecule has 0 saturated carbocycles. The van der Waals surface area contributed by atoms with Crippen LogP contribution in [-0.2, 0) is 4.79 Å². The lowest BCUT2D eigenvalue weighted by atomic mass is 9.93. The number of benzene rings is 2. The summed E-state index contributed by atoms with van der Waals surface area (Å²) in [5.74, 6) is 0.219. The SMILES string of the molecule is Cc1ccccc1C(C)CC(=O)NCCC(O)c1ccccc1. The second-order valence-electron chi connectivity index (χ2n) is 6.03. The lowest BCUT2D eigenvalue weighted by molar-refractivity contribution is -0.121. The smallest absolute Gasteiger partial charge is 0.220 e. The summed E-state index contributed by atoms with van der Waals surface area (Å²) in [5.41, 5.74) is 3.31. The molecule has 3 nitrogen and oxygen atoms in total. The number of nitrogens with one attached hydrogen (secondary N) is 1. The Morgan fingerprint density at radius 3 is 2.43 bits per heavy atom. The topological polar surface area (TPSA) is 49.3 Å². The van der Waals surface area contributed by atoms with Crippen LogP contribution in [0.4, 0.5) is 0 Å². The Kier molecular flexibility index (Phi) is 6.36. The molecule has 0 aliphatic rings. The van der Waals surface area contributed by atoms with Gasteiger partial charge in [0.05, 0.1) is 6.10 Å². The van der Waals surface area contributed by atoms with Crippen LogP contribution in [0.25, 0.3) is 0 Å². The highest BCUT2D eigenvalue weighted by atomic mass is 16.3. The van der Waals surface area contributed by atoms with Gasteiger partial charge >= 0.3 is 0 Å². The highest BCUT2D eigenvalue weighted by Gasteiger charge is 2.13. The first kappa shape index (κ1) is 17.2. The fourth-order valence-corrected chi connectivity index (χ4v) is 2.79. The van der Waals surface area contributed by atoms with Crippen LogP contribution in [0.5, 0.6) is 0 Å². The quantitative estimate of drug-likeness (QED) is 0.818. The van der Waals surface area contributed by atoms with E-state index in [0.717, 1.165) is 5.56 Å². The summed E-state index contributed by atoms with van der Waals surface area (Å²) in [4.78, 5) is 12.1. The van der Waals surface area contributed by atoms with Gasteiger partial charge in [0.1, 0.15) is 0 Å². The van der Waals surface area contributed by atoms with Gasteiger partial charge in [0.25, 0.3) is 0 Å². The van der Waals surface area contributed by atoms with E-state index in [1.807, 2.05) is 42.5 Å². The maximum atomic E-state index is 12.1. The van der Waals surface area contributed by atoms with E-state index in [2.05, 4.69) is 31.3 Å². The van der Waals surface area contributed by atoms with Crippen molar-refractivity contribution < 1.29 is 9.90 Å². The molecule has 2 aromatic carbocycles. The maximum absolute atomic E-state index is 12.1. The zero-order valence-corrected chi connectivity index (χ0v) is 13.8. The van der Waals surface area contributed by atoms with Gasteiger partial charge in [0.15, 0.2) is 0 Å². The molecule has 23 heavy (non-hydrogen) atoms. The molecule has 2 unspecified atom stereocenters. The van der Waals surface area contributed by atoms with E-state index >= 15 is 0 Å². The predicted molar refractivity (Wildman–Crippen MR) is 93.2 cm³/mol. The van der Waals surface area contributed by atoms with Crippen molar-refractivity contribution in [2.24, 2.45) is 0 Å². The van der Waals surface area contributed by atoms with Crippen LogP contribution in [0.15, 0.2) is 54.6 Å². The third-order valence-electron chi connectivity index (χ3n) is 4.14. The minimum Gasteiger partial charge on any atom is -0.388 e. The first-order valence-corrected chi connectivity index (χ1v) is 8.13. The van der Waals surface area contributed by atoms with Gasteiger partial charge in [0, 0.05) is 13.0 Å². The van der Waals surface area contributed by atoms with Crippen molar-refractivity contribution in [3.63, 3.8) is 0 Å². The number of rotatable bonds is 7. The van der Waals surface area contributed by atoms with E-state index in [-0.39, 0.29) is 11.8 Å². The highest BCUT2D eigenvalue weighted by molar-refractivity contribution is 5.76. The molecule has 0 aromatic heterocycles. The van der Waals surface area contributed by atoms with Gasteiger partial charge in [0.2, 0.25) is 5.91 Å². The lowest BCUT2D eigenvalue weighted by Crippen LogP contribution is -2.26.